The Morgan fingerprint density at radius 2 is 2.08 bits per heavy atom. The molecule has 0 spiro atoms. The lowest BCUT2D eigenvalue weighted by molar-refractivity contribution is -0.104. The van der Waals surface area contributed by atoms with Crippen LogP contribution in [0.1, 0.15) is 15.9 Å². The van der Waals surface area contributed by atoms with E-state index in [0.29, 0.717) is 17.6 Å². The smallest absolute Gasteiger partial charge is 0.225 e. The summed E-state index contributed by atoms with van der Waals surface area (Å²) >= 11 is 0. The van der Waals surface area contributed by atoms with Gasteiger partial charge in [0.25, 0.3) is 0 Å². The topological polar surface area (TPSA) is 43.4 Å². The van der Waals surface area contributed by atoms with Gasteiger partial charge in [0.15, 0.2) is 6.29 Å². The van der Waals surface area contributed by atoms with Crippen LogP contribution >= 0.6 is 0 Å². The van der Waals surface area contributed by atoms with Gasteiger partial charge in [-0.2, -0.15) is 0 Å². The van der Waals surface area contributed by atoms with Crippen molar-refractivity contribution in [3.8, 4) is 5.75 Å². The van der Waals surface area contributed by atoms with E-state index in [1.807, 2.05) is 6.92 Å². The van der Waals surface area contributed by atoms with Gasteiger partial charge in [0, 0.05) is 5.56 Å². The summed E-state index contributed by atoms with van der Waals surface area (Å²) in [4.78, 5) is 21.2. The van der Waals surface area contributed by atoms with Crippen LogP contribution in [0.4, 0.5) is 0 Å². The van der Waals surface area contributed by atoms with Gasteiger partial charge in [0.2, 0.25) is 5.78 Å². The Kier molecular flexibility index (Phi) is 2.80. The maximum atomic E-state index is 11.0. The number of rotatable bonds is 3. The molecule has 0 aliphatic heterocycles. The molecule has 3 heteroatoms. The number of Topliss-reactive ketones (excluding diaryl/α,β-unsaturated/α-hetero) is 1. The van der Waals surface area contributed by atoms with Gasteiger partial charge in [-0.15, -0.1) is 0 Å². The zero-order chi connectivity index (χ0) is 9.84. The predicted molar refractivity (Wildman–Crippen MR) is 48.1 cm³/mol. The minimum Gasteiger partial charge on any atom is -0.497 e. The van der Waals surface area contributed by atoms with Crippen molar-refractivity contribution in [1.29, 1.82) is 0 Å². The predicted octanol–water partition coefficient (Wildman–Crippen LogP) is 1.39. The highest BCUT2D eigenvalue weighted by molar-refractivity contribution is 6.33. The van der Waals surface area contributed by atoms with Crippen LogP contribution < -0.4 is 4.74 Å². The number of aldehydes is 1. The summed E-state index contributed by atoms with van der Waals surface area (Å²) in [5, 5.41) is 0. The number of carbonyl (C=O) groups is 2. The molecule has 0 unspecified atom stereocenters. The van der Waals surface area contributed by atoms with Crippen molar-refractivity contribution in [2.75, 3.05) is 7.11 Å². The standard InChI is InChI=1S/C10H10O3/c1-7-3-8(10(12)6-11)5-9(4-7)13-2/h3-6H,1-2H3. The second-order valence-corrected chi connectivity index (χ2v) is 2.72. The summed E-state index contributed by atoms with van der Waals surface area (Å²) in [6, 6.07) is 4.99. The molecule has 1 aromatic carbocycles. The first kappa shape index (κ1) is 9.45. The van der Waals surface area contributed by atoms with E-state index in [4.69, 9.17) is 4.74 Å². The van der Waals surface area contributed by atoms with Crippen molar-refractivity contribution in [3.63, 3.8) is 0 Å². The van der Waals surface area contributed by atoms with Crippen LogP contribution in [0, 0.1) is 6.92 Å². The molecule has 3 nitrogen and oxygen atoms in total. The van der Waals surface area contributed by atoms with Gasteiger partial charge in [-0.3, -0.25) is 9.59 Å². The number of benzene rings is 1. The monoisotopic (exact) mass is 178 g/mol. The van der Waals surface area contributed by atoms with E-state index in [2.05, 4.69) is 0 Å². The molecule has 13 heavy (non-hydrogen) atoms. The highest BCUT2D eigenvalue weighted by Gasteiger charge is 2.05. The lowest BCUT2D eigenvalue weighted by Gasteiger charge is -2.02. The van der Waals surface area contributed by atoms with Crippen LogP contribution in [0.5, 0.6) is 5.75 Å². The average Bonchev–Trinajstić information content (AvgIpc) is 2.15. The van der Waals surface area contributed by atoms with Crippen LogP contribution in [0.25, 0.3) is 0 Å². The minimum absolute atomic E-state index is 0.300. The Morgan fingerprint density at radius 1 is 1.38 bits per heavy atom. The molecule has 0 heterocycles. The molecule has 68 valence electrons. The fraction of sp³-hybridized carbons (Fsp3) is 0.200. The zero-order valence-electron chi connectivity index (χ0n) is 7.53. The van der Waals surface area contributed by atoms with E-state index in [0.717, 1.165) is 5.56 Å². The van der Waals surface area contributed by atoms with E-state index in [1.165, 1.54) is 7.11 Å². The first-order valence-electron chi connectivity index (χ1n) is 3.82. The zero-order valence-corrected chi connectivity index (χ0v) is 7.53. The maximum absolute atomic E-state index is 11.0. The van der Waals surface area contributed by atoms with E-state index < -0.39 is 5.78 Å². The number of carbonyl (C=O) groups excluding carboxylic acids is 2. The molecule has 0 fully saturated rings. The van der Waals surface area contributed by atoms with Crippen LogP contribution in [0.2, 0.25) is 0 Å². The summed E-state index contributed by atoms with van der Waals surface area (Å²) < 4.78 is 4.96. The van der Waals surface area contributed by atoms with E-state index in [1.54, 1.807) is 18.2 Å². The molecule has 1 aromatic rings. The fourth-order valence-electron chi connectivity index (χ4n) is 1.08. The van der Waals surface area contributed by atoms with Crippen LogP contribution in [-0.2, 0) is 4.79 Å². The normalized spacial score (nSPS) is 9.38. The Morgan fingerprint density at radius 3 is 2.62 bits per heavy atom. The minimum atomic E-state index is -0.526. The third-order valence-corrected chi connectivity index (χ3v) is 1.68. The number of ketones is 1. The molecule has 0 atom stereocenters. The molecule has 0 saturated carbocycles. The quantitative estimate of drug-likeness (QED) is 0.399. The number of hydrogen-bond acceptors (Lipinski definition) is 3. The number of hydrogen-bond donors (Lipinski definition) is 0. The molecule has 0 N–H and O–H groups in total. The second-order valence-electron chi connectivity index (χ2n) is 2.72. The van der Waals surface area contributed by atoms with Crippen molar-refractivity contribution >= 4 is 12.1 Å². The lowest BCUT2D eigenvalue weighted by atomic mass is 10.1. The summed E-state index contributed by atoms with van der Waals surface area (Å²) in [7, 11) is 1.52. The van der Waals surface area contributed by atoms with E-state index in [-0.39, 0.29) is 0 Å². The number of methoxy groups -OCH3 is 1. The Bertz CT molecular complexity index is 342. The summed E-state index contributed by atoms with van der Waals surface area (Å²) in [5.41, 5.74) is 1.26. The highest BCUT2D eigenvalue weighted by atomic mass is 16.5. The second kappa shape index (κ2) is 3.85. The van der Waals surface area contributed by atoms with Crippen LogP contribution in [0.15, 0.2) is 18.2 Å². The molecule has 0 aliphatic carbocycles. The molecular formula is C10H10O3. The van der Waals surface area contributed by atoms with Gasteiger partial charge in [-0.25, -0.2) is 0 Å². The van der Waals surface area contributed by atoms with Crippen molar-refractivity contribution < 1.29 is 14.3 Å². The third kappa shape index (κ3) is 2.15. The van der Waals surface area contributed by atoms with Crippen molar-refractivity contribution in [1.82, 2.24) is 0 Å². The fourth-order valence-corrected chi connectivity index (χ4v) is 1.08. The van der Waals surface area contributed by atoms with Gasteiger partial charge < -0.3 is 4.74 Å². The number of aryl methyl sites for hydroxylation is 1. The summed E-state index contributed by atoms with van der Waals surface area (Å²) in [6.07, 6.45) is 0.300. The Labute approximate surface area is 76.3 Å². The maximum Gasteiger partial charge on any atom is 0.225 e. The van der Waals surface area contributed by atoms with Gasteiger partial charge >= 0.3 is 0 Å². The van der Waals surface area contributed by atoms with Gasteiger partial charge in [0.05, 0.1) is 7.11 Å². The summed E-state index contributed by atoms with van der Waals surface area (Å²) in [6.45, 7) is 1.84. The molecule has 0 bridgehead atoms. The number of ether oxygens (including phenoxy) is 1. The van der Waals surface area contributed by atoms with Gasteiger partial charge in [-0.05, 0) is 30.7 Å². The first-order valence-corrected chi connectivity index (χ1v) is 3.82. The first-order chi connectivity index (χ1) is 6.17. The van der Waals surface area contributed by atoms with Crippen LogP contribution in [-0.4, -0.2) is 19.2 Å². The summed E-state index contributed by atoms with van der Waals surface area (Å²) in [5.74, 6) is 0.0622. The SMILES string of the molecule is COc1cc(C)cc(C(=O)C=O)c1. The van der Waals surface area contributed by atoms with E-state index in [9.17, 15) is 9.59 Å². The van der Waals surface area contributed by atoms with Crippen molar-refractivity contribution in [2.45, 2.75) is 6.92 Å². The van der Waals surface area contributed by atoms with Crippen molar-refractivity contribution in [3.05, 3.63) is 29.3 Å². The molecule has 0 aromatic heterocycles. The third-order valence-electron chi connectivity index (χ3n) is 1.68. The molecule has 0 aliphatic rings. The molecule has 1 rings (SSSR count). The van der Waals surface area contributed by atoms with Crippen LogP contribution in [0.3, 0.4) is 0 Å². The largest absolute Gasteiger partial charge is 0.497 e. The Hall–Kier alpha value is -1.64. The molecular weight excluding hydrogens is 168 g/mol. The van der Waals surface area contributed by atoms with E-state index >= 15 is 0 Å². The lowest BCUT2D eigenvalue weighted by Crippen LogP contribution is -2.00. The van der Waals surface area contributed by atoms with Gasteiger partial charge in [0.1, 0.15) is 5.75 Å². The van der Waals surface area contributed by atoms with Crippen molar-refractivity contribution in [2.24, 2.45) is 0 Å². The van der Waals surface area contributed by atoms with Gasteiger partial charge in [-0.1, -0.05) is 0 Å². The Balaban J connectivity index is 3.15. The molecule has 0 amide bonds. The molecule has 0 radical (unpaired) electrons. The molecule has 0 saturated heterocycles. The highest BCUT2D eigenvalue weighted by Crippen LogP contribution is 2.16. The average molecular weight is 178 g/mol.